The van der Waals surface area contributed by atoms with Gasteiger partial charge in [-0.05, 0) is 66.9 Å². The maximum absolute atomic E-state index is 13.3. The number of hydrogen-bond acceptors (Lipinski definition) is 3. The zero-order chi connectivity index (χ0) is 22.0. The Labute approximate surface area is 180 Å². The molecule has 0 radical (unpaired) electrons. The summed E-state index contributed by atoms with van der Waals surface area (Å²) in [4.78, 5) is 32.0. The molecule has 0 saturated carbocycles. The number of rotatable bonds is 4. The fourth-order valence-corrected chi connectivity index (χ4v) is 3.72. The van der Waals surface area contributed by atoms with Gasteiger partial charge in [-0.3, -0.25) is 14.6 Å². The molecule has 0 saturated heterocycles. The van der Waals surface area contributed by atoms with E-state index in [9.17, 15) is 14.0 Å². The Kier molecular flexibility index (Phi) is 5.62. The van der Waals surface area contributed by atoms with E-state index >= 15 is 0 Å². The highest BCUT2D eigenvalue weighted by molar-refractivity contribution is 6.18. The maximum Gasteiger partial charge on any atom is 0.244 e. The number of carbonyl (C=O) groups is 2. The predicted octanol–water partition coefficient (Wildman–Crippen LogP) is 4.94. The number of para-hydroxylation sites is 2. The van der Waals surface area contributed by atoms with Gasteiger partial charge in [-0.1, -0.05) is 30.3 Å². The van der Waals surface area contributed by atoms with Crippen molar-refractivity contribution in [3.63, 3.8) is 0 Å². The van der Waals surface area contributed by atoms with Crippen LogP contribution >= 0.6 is 0 Å². The predicted molar refractivity (Wildman–Crippen MR) is 121 cm³/mol. The lowest BCUT2D eigenvalue weighted by Gasteiger charge is -2.22. The number of fused-ring (bicyclic) bond motifs is 1. The number of benzene rings is 3. The summed E-state index contributed by atoms with van der Waals surface area (Å²) in [6.45, 7) is 3.80. The largest absolute Gasteiger partial charge is 0.325 e. The van der Waals surface area contributed by atoms with Crippen molar-refractivity contribution < 1.29 is 14.0 Å². The van der Waals surface area contributed by atoms with Crippen molar-refractivity contribution in [3.8, 4) is 0 Å². The molecule has 2 amide bonds. The Morgan fingerprint density at radius 1 is 1.03 bits per heavy atom. The quantitative estimate of drug-likeness (QED) is 0.656. The van der Waals surface area contributed by atoms with Crippen LogP contribution in [0.15, 0.2) is 71.7 Å². The molecule has 1 aliphatic rings. The zero-order valence-electron chi connectivity index (χ0n) is 17.4. The standard InChI is InChI=1S/C25H22FN3O2/c1-16-11-17(2)13-20(12-16)27-24(30)15-29-23-6-4-3-5-21(23)28-22(14-25(29)31)18-7-9-19(26)10-8-18/h3-13H,14-15H2,1-2H3,(H,27,30). The van der Waals surface area contributed by atoms with Gasteiger partial charge in [0.15, 0.2) is 0 Å². The number of carbonyl (C=O) groups excluding carboxylic acids is 2. The van der Waals surface area contributed by atoms with E-state index in [0.717, 1.165) is 11.1 Å². The molecule has 3 aromatic rings. The summed E-state index contributed by atoms with van der Waals surface area (Å²) in [6.07, 6.45) is 0.0111. The zero-order valence-corrected chi connectivity index (χ0v) is 17.4. The molecular weight excluding hydrogens is 393 g/mol. The third-order valence-electron chi connectivity index (χ3n) is 5.03. The highest BCUT2D eigenvalue weighted by Crippen LogP contribution is 2.33. The van der Waals surface area contributed by atoms with E-state index in [4.69, 9.17) is 0 Å². The molecule has 0 aliphatic carbocycles. The van der Waals surface area contributed by atoms with Gasteiger partial charge in [0.2, 0.25) is 11.8 Å². The number of amides is 2. The third kappa shape index (κ3) is 4.69. The Balaban J connectivity index is 1.60. The van der Waals surface area contributed by atoms with E-state index in [0.29, 0.717) is 28.3 Å². The molecule has 1 heterocycles. The second-order valence-corrected chi connectivity index (χ2v) is 7.64. The van der Waals surface area contributed by atoms with Gasteiger partial charge in [-0.25, -0.2) is 4.39 Å². The van der Waals surface area contributed by atoms with Gasteiger partial charge in [-0.2, -0.15) is 0 Å². The first kappa shape index (κ1) is 20.5. The van der Waals surface area contributed by atoms with E-state index in [1.165, 1.54) is 17.0 Å². The lowest BCUT2D eigenvalue weighted by Crippen LogP contribution is -2.38. The number of aryl methyl sites for hydroxylation is 2. The fourth-order valence-electron chi connectivity index (χ4n) is 3.72. The van der Waals surface area contributed by atoms with E-state index in [-0.39, 0.29) is 30.6 Å². The van der Waals surface area contributed by atoms with Gasteiger partial charge in [0.05, 0.1) is 23.5 Å². The van der Waals surface area contributed by atoms with Gasteiger partial charge >= 0.3 is 0 Å². The maximum atomic E-state index is 13.3. The Morgan fingerprint density at radius 2 is 1.71 bits per heavy atom. The van der Waals surface area contributed by atoms with Gasteiger partial charge in [-0.15, -0.1) is 0 Å². The second kappa shape index (κ2) is 8.52. The normalized spacial score (nSPS) is 13.3. The smallest absolute Gasteiger partial charge is 0.244 e. The topological polar surface area (TPSA) is 61.8 Å². The van der Waals surface area contributed by atoms with Gasteiger partial charge in [0, 0.05) is 5.69 Å². The first-order valence-electron chi connectivity index (χ1n) is 10.00. The number of nitrogens with zero attached hydrogens (tertiary/aromatic N) is 2. The highest BCUT2D eigenvalue weighted by atomic mass is 19.1. The first-order valence-corrected chi connectivity index (χ1v) is 10.00. The van der Waals surface area contributed by atoms with Crippen LogP contribution in [0, 0.1) is 19.7 Å². The molecule has 156 valence electrons. The molecule has 1 aliphatic heterocycles. The molecule has 1 N–H and O–H groups in total. The molecule has 0 spiro atoms. The lowest BCUT2D eigenvalue weighted by atomic mass is 10.1. The van der Waals surface area contributed by atoms with E-state index in [1.54, 1.807) is 30.3 Å². The van der Waals surface area contributed by atoms with Gasteiger partial charge in [0.1, 0.15) is 12.4 Å². The highest BCUT2D eigenvalue weighted by Gasteiger charge is 2.26. The molecule has 3 aromatic carbocycles. The molecule has 5 nitrogen and oxygen atoms in total. The van der Waals surface area contributed by atoms with E-state index in [1.807, 2.05) is 38.1 Å². The monoisotopic (exact) mass is 415 g/mol. The summed E-state index contributed by atoms with van der Waals surface area (Å²) in [7, 11) is 0. The summed E-state index contributed by atoms with van der Waals surface area (Å²) in [5, 5.41) is 2.88. The van der Waals surface area contributed by atoms with Crippen LogP contribution in [0.1, 0.15) is 23.1 Å². The number of anilines is 2. The Bertz CT molecular complexity index is 1170. The third-order valence-corrected chi connectivity index (χ3v) is 5.03. The van der Waals surface area contributed by atoms with Crippen LogP contribution in [0.2, 0.25) is 0 Å². The molecule has 0 bridgehead atoms. The molecule has 0 atom stereocenters. The van der Waals surface area contributed by atoms with Crippen molar-refractivity contribution in [3.05, 3.63) is 89.2 Å². The molecule has 6 heteroatoms. The fraction of sp³-hybridized carbons (Fsp3) is 0.160. The first-order chi connectivity index (χ1) is 14.9. The number of halogens is 1. The summed E-state index contributed by atoms with van der Waals surface area (Å²) in [6, 6.07) is 18.9. The van der Waals surface area contributed by atoms with Crippen LogP contribution in [0.5, 0.6) is 0 Å². The van der Waals surface area contributed by atoms with Gasteiger partial charge < -0.3 is 10.2 Å². The van der Waals surface area contributed by atoms with Crippen LogP contribution in [-0.4, -0.2) is 24.1 Å². The van der Waals surface area contributed by atoms with Gasteiger partial charge in [0.25, 0.3) is 0 Å². The minimum absolute atomic E-state index is 0.0111. The number of aliphatic imine (C=N–C) groups is 1. The minimum Gasteiger partial charge on any atom is -0.325 e. The summed E-state index contributed by atoms with van der Waals surface area (Å²) >= 11 is 0. The average molecular weight is 415 g/mol. The minimum atomic E-state index is -0.352. The SMILES string of the molecule is Cc1cc(C)cc(NC(=O)CN2C(=O)CC(c3ccc(F)cc3)=Nc3ccccc32)c1. The average Bonchev–Trinajstić information content (AvgIpc) is 2.84. The van der Waals surface area contributed by atoms with Crippen LogP contribution in [0.3, 0.4) is 0 Å². The Hall–Kier alpha value is -3.80. The number of nitrogens with one attached hydrogen (secondary N) is 1. The van der Waals surface area contributed by atoms with Crippen molar-refractivity contribution in [2.75, 3.05) is 16.8 Å². The Morgan fingerprint density at radius 3 is 2.42 bits per heavy atom. The van der Waals surface area contributed by atoms with Crippen molar-refractivity contribution in [1.82, 2.24) is 0 Å². The molecule has 0 aromatic heterocycles. The van der Waals surface area contributed by atoms with Crippen molar-refractivity contribution in [2.45, 2.75) is 20.3 Å². The van der Waals surface area contributed by atoms with Crippen LogP contribution in [-0.2, 0) is 9.59 Å². The van der Waals surface area contributed by atoms with Crippen LogP contribution < -0.4 is 10.2 Å². The van der Waals surface area contributed by atoms with Crippen molar-refractivity contribution >= 4 is 34.6 Å². The van der Waals surface area contributed by atoms with E-state index in [2.05, 4.69) is 10.3 Å². The molecule has 31 heavy (non-hydrogen) atoms. The van der Waals surface area contributed by atoms with Crippen molar-refractivity contribution in [1.29, 1.82) is 0 Å². The number of hydrogen-bond donors (Lipinski definition) is 1. The lowest BCUT2D eigenvalue weighted by molar-refractivity contribution is -0.120. The molecule has 0 unspecified atom stereocenters. The summed E-state index contributed by atoms with van der Waals surface area (Å²) < 4.78 is 13.3. The van der Waals surface area contributed by atoms with E-state index < -0.39 is 0 Å². The molecular formula is C25H22FN3O2. The summed E-state index contributed by atoms with van der Waals surface area (Å²) in [5.41, 5.74) is 5.15. The van der Waals surface area contributed by atoms with Crippen LogP contribution in [0.25, 0.3) is 0 Å². The van der Waals surface area contributed by atoms with Crippen molar-refractivity contribution in [2.24, 2.45) is 4.99 Å². The second-order valence-electron chi connectivity index (χ2n) is 7.64. The summed E-state index contributed by atoms with van der Waals surface area (Å²) in [5.74, 6) is -0.892. The molecule has 0 fully saturated rings. The van der Waals surface area contributed by atoms with Crippen LogP contribution in [0.4, 0.5) is 21.5 Å². The molecule has 4 rings (SSSR count).